The van der Waals surface area contributed by atoms with Crippen LogP contribution in [-0.4, -0.2) is 32.3 Å². The molecule has 0 spiro atoms. The van der Waals surface area contributed by atoms with E-state index in [1.54, 1.807) is 36.7 Å². The Morgan fingerprint density at radius 3 is 2.68 bits per heavy atom. The fourth-order valence-corrected chi connectivity index (χ4v) is 2.92. The van der Waals surface area contributed by atoms with E-state index in [4.69, 9.17) is 5.73 Å². The van der Waals surface area contributed by atoms with Gasteiger partial charge in [-0.3, -0.25) is 9.78 Å². The van der Waals surface area contributed by atoms with Crippen molar-refractivity contribution in [1.29, 1.82) is 0 Å². The Morgan fingerprint density at radius 2 is 1.92 bits per heavy atom. The molecule has 0 saturated carbocycles. The molecule has 25 heavy (non-hydrogen) atoms. The SMILES string of the molecule is Nc1ccc(C(=O)N2CCc3nc(-c4ccccn4)ncc3C2)cc1. The third kappa shape index (κ3) is 3.06. The van der Waals surface area contributed by atoms with Crippen LogP contribution < -0.4 is 5.73 Å². The number of nitrogens with zero attached hydrogens (tertiary/aromatic N) is 4. The summed E-state index contributed by atoms with van der Waals surface area (Å²) in [6.45, 7) is 1.15. The van der Waals surface area contributed by atoms with Crippen LogP contribution in [0.5, 0.6) is 0 Å². The van der Waals surface area contributed by atoms with E-state index in [2.05, 4.69) is 15.0 Å². The van der Waals surface area contributed by atoms with Gasteiger partial charge in [0.05, 0.1) is 5.69 Å². The Hall–Kier alpha value is -3.28. The number of hydrogen-bond acceptors (Lipinski definition) is 5. The number of amides is 1. The molecule has 2 aromatic heterocycles. The van der Waals surface area contributed by atoms with Gasteiger partial charge in [-0.1, -0.05) is 6.07 Å². The van der Waals surface area contributed by atoms with E-state index in [0.29, 0.717) is 36.6 Å². The Kier molecular flexibility index (Phi) is 3.85. The molecule has 0 saturated heterocycles. The number of aromatic nitrogens is 3. The van der Waals surface area contributed by atoms with Gasteiger partial charge in [0.25, 0.3) is 5.91 Å². The van der Waals surface area contributed by atoms with Crippen LogP contribution in [0.2, 0.25) is 0 Å². The van der Waals surface area contributed by atoms with Crippen molar-refractivity contribution in [3.05, 3.63) is 71.7 Å². The molecule has 1 aromatic carbocycles. The zero-order valence-corrected chi connectivity index (χ0v) is 13.6. The van der Waals surface area contributed by atoms with Gasteiger partial charge in [0.15, 0.2) is 5.82 Å². The summed E-state index contributed by atoms with van der Waals surface area (Å²) >= 11 is 0. The summed E-state index contributed by atoms with van der Waals surface area (Å²) in [7, 11) is 0. The van der Waals surface area contributed by atoms with Crippen LogP contribution in [0.3, 0.4) is 0 Å². The molecule has 0 fully saturated rings. The number of nitrogens with two attached hydrogens (primary N) is 1. The number of carbonyl (C=O) groups is 1. The first-order chi connectivity index (χ1) is 12.2. The minimum absolute atomic E-state index is 0.000507. The number of rotatable bonds is 2. The van der Waals surface area contributed by atoms with Gasteiger partial charge in [-0.05, 0) is 36.4 Å². The number of benzene rings is 1. The molecule has 0 radical (unpaired) electrons. The molecule has 4 rings (SSSR count). The third-order valence-corrected chi connectivity index (χ3v) is 4.27. The summed E-state index contributed by atoms with van der Waals surface area (Å²) in [5, 5.41) is 0. The largest absolute Gasteiger partial charge is 0.399 e. The minimum atomic E-state index is -0.000507. The van der Waals surface area contributed by atoms with E-state index in [-0.39, 0.29) is 5.91 Å². The molecule has 1 aliphatic rings. The topological polar surface area (TPSA) is 85.0 Å². The van der Waals surface area contributed by atoms with E-state index in [0.717, 1.165) is 17.0 Å². The molecule has 3 aromatic rings. The Morgan fingerprint density at radius 1 is 1.08 bits per heavy atom. The molecular weight excluding hydrogens is 314 g/mol. The molecule has 0 bridgehead atoms. The molecule has 124 valence electrons. The van der Waals surface area contributed by atoms with Crippen LogP contribution in [0.1, 0.15) is 21.6 Å². The summed E-state index contributed by atoms with van der Waals surface area (Å²) < 4.78 is 0. The van der Waals surface area contributed by atoms with Crippen molar-refractivity contribution in [2.75, 3.05) is 12.3 Å². The van der Waals surface area contributed by atoms with Gasteiger partial charge < -0.3 is 10.6 Å². The maximum Gasteiger partial charge on any atom is 0.254 e. The summed E-state index contributed by atoms with van der Waals surface area (Å²) in [5.41, 5.74) is 9.70. The van der Waals surface area contributed by atoms with Crippen molar-refractivity contribution < 1.29 is 4.79 Å². The highest BCUT2D eigenvalue weighted by Gasteiger charge is 2.23. The fourth-order valence-electron chi connectivity index (χ4n) is 2.92. The summed E-state index contributed by atoms with van der Waals surface area (Å²) in [6, 6.07) is 12.7. The summed E-state index contributed by atoms with van der Waals surface area (Å²) in [5.74, 6) is 0.622. The molecule has 6 heteroatoms. The highest BCUT2D eigenvalue weighted by Crippen LogP contribution is 2.21. The number of carbonyl (C=O) groups excluding carboxylic acids is 1. The molecule has 6 nitrogen and oxygen atoms in total. The number of nitrogen functional groups attached to an aromatic ring is 1. The van der Waals surface area contributed by atoms with Gasteiger partial charge in [-0.15, -0.1) is 0 Å². The zero-order chi connectivity index (χ0) is 17.2. The van der Waals surface area contributed by atoms with Crippen molar-refractivity contribution >= 4 is 11.6 Å². The minimum Gasteiger partial charge on any atom is -0.399 e. The smallest absolute Gasteiger partial charge is 0.254 e. The number of anilines is 1. The zero-order valence-electron chi connectivity index (χ0n) is 13.6. The number of hydrogen-bond donors (Lipinski definition) is 1. The predicted octanol–water partition coefficient (Wildman–Crippen LogP) is 2.32. The third-order valence-electron chi connectivity index (χ3n) is 4.27. The second kappa shape index (κ2) is 6.32. The van der Waals surface area contributed by atoms with Crippen LogP contribution in [0.25, 0.3) is 11.5 Å². The average molecular weight is 331 g/mol. The van der Waals surface area contributed by atoms with Crippen molar-refractivity contribution in [1.82, 2.24) is 19.9 Å². The standard InChI is InChI=1S/C19H17N5O/c20-15-6-4-13(5-7-15)19(25)24-10-8-16-14(12-24)11-22-18(23-16)17-3-1-2-9-21-17/h1-7,9,11H,8,10,12,20H2. The van der Waals surface area contributed by atoms with Crippen molar-refractivity contribution in [2.24, 2.45) is 0 Å². The second-order valence-electron chi connectivity index (χ2n) is 5.98. The van der Waals surface area contributed by atoms with Crippen LogP contribution in [0, 0.1) is 0 Å². The lowest BCUT2D eigenvalue weighted by Gasteiger charge is -2.28. The highest BCUT2D eigenvalue weighted by molar-refractivity contribution is 5.94. The fraction of sp³-hybridized carbons (Fsp3) is 0.158. The van der Waals surface area contributed by atoms with Crippen LogP contribution in [-0.2, 0) is 13.0 Å². The first-order valence-electron chi connectivity index (χ1n) is 8.12. The second-order valence-corrected chi connectivity index (χ2v) is 5.98. The lowest BCUT2D eigenvalue weighted by Crippen LogP contribution is -2.36. The molecular formula is C19H17N5O. The van der Waals surface area contributed by atoms with Gasteiger partial charge in [-0.2, -0.15) is 0 Å². The van der Waals surface area contributed by atoms with E-state index in [1.165, 1.54) is 0 Å². The van der Waals surface area contributed by atoms with Gasteiger partial charge >= 0.3 is 0 Å². The number of pyridine rings is 1. The van der Waals surface area contributed by atoms with Gasteiger partial charge in [-0.25, -0.2) is 9.97 Å². The van der Waals surface area contributed by atoms with Crippen LogP contribution in [0.4, 0.5) is 5.69 Å². The predicted molar refractivity (Wildman–Crippen MR) is 94.6 cm³/mol. The molecule has 1 aliphatic heterocycles. The normalized spacial score (nSPS) is 13.4. The Bertz CT molecular complexity index is 909. The van der Waals surface area contributed by atoms with Crippen LogP contribution >= 0.6 is 0 Å². The van der Waals surface area contributed by atoms with Crippen molar-refractivity contribution in [3.8, 4) is 11.5 Å². The van der Waals surface area contributed by atoms with Gasteiger partial charge in [0.1, 0.15) is 5.69 Å². The summed E-state index contributed by atoms with van der Waals surface area (Å²) in [6.07, 6.45) is 4.23. The molecule has 3 heterocycles. The van der Waals surface area contributed by atoms with E-state index >= 15 is 0 Å². The van der Waals surface area contributed by atoms with Crippen molar-refractivity contribution in [3.63, 3.8) is 0 Å². The molecule has 0 unspecified atom stereocenters. The average Bonchev–Trinajstić information content (AvgIpc) is 2.68. The van der Waals surface area contributed by atoms with Crippen molar-refractivity contribution in [2.45, 2.75) is 13.0 Å². The monoisotopic (exact) mass is 331 g/mol. The van der Waals surface area contributed by atoms with E-state index in [9.17, 15) is 4.79 Å². The lowest BCUT2D eigenvalue weighted by molar-refractivity contribution is 0.0733. The van der Waals surface area contributed by atoms with E-state index in [1.807, 2.05) is 23.1 Å². The van der Waals surface area contributed by atoms with E-state index < -0.39 is 0 Å². The first kappa shape index (κ1) is 15.3. The molecule has 0 atom stereocenters. The summed E-state index contributed by atoms with van der Waals surface area (Å²) in [4.78, 5) is 27.8. The lowest BCUT2D eigenvalue weighted by atomic mass is 10.1. The number of fused-ring (bicyclic) bond motifs is 1. The highest BCUT2D eigenvalue weighted by atomic mass is 16.2. The first-order valence-corrected chi connectivity index (χ1v) is 8.12. The van der Waals surface area contributed by atoms with Crippen LogP contribution in [0.15, 0.2) is 54.9 Å². The molecule has 0 aliphatic carbocycles. The Labute approximate surface area is 145 Å². The molecule has 1 amide bonds. The van der Waals surface area contributed by atoms with Gasteiger partial charge in [0, 0.05) is 48.7 Å². The van der Waals surface area contributed by atoms with Gasteiger partial charge in [0.2, 0.25) is 0 Å². The maximum absolute atomic E-state index is 12.6. The molecule has 2 N–H and O–H groups in total. The Balaban J connectivity index is 1.55. The maximum atomic E-state index is 12.6. The quantitative estimate of drug-likeness (QED) is 0.728.